The van der Waals surface area contributed by atoms with E-state index in [2.05, 4.69) is 40.8 Å². The highest BCUT2D eigenvalue weighted by atomic mass is 35.5. The fourth-order valence-corrected chi connectivity index (χ4v) is 3.14. The molecule has 1 aliphatic carbocycles. The first-order valence-electron chi connectivity index (χ1n) is 7.37. The Labute approximate surface area is 140 Å². The Bertz CT molecular complexity index is 611. The van der Waals surface area contributed by atoms with E-state index in [-0.39, 0.29) is 11.5 Å². The molecular weight excluding hydrogens is 321 g/mol. The predicted molar refractivity (Wildman–Crippen MR) is 90.4 cm³/mol. The molecule has 3 rings (SSSR count). The maximum Gasteiger partial charge on any atom is 0.149 e. The summed E-state index contributed by atoms with van der Waals surface area (Å²) in [7, 11) is 0. The minimum atomic E-state index is 0.00974. The molecule has 0 radical (unpaired) electrons. The molecule has 0 bridgehead atoms. The van der Waals surface area contributed by atoms with E-state index in [1.807, 2.05) is 0 Å². The Morgan fingerprint density at radius 1 is 1.45 bits per heavy atom. The summed E-state index contributed by atoms with van der Waals surface area (Å²) in [5, 5.41) is 7.65. The van der Waals surface area contributed by atoms with Crippen LogP contribution in [0.1, 0.15) is 13.3 Å². The fraction of sp³-hybridized carbons (Fsp3) is 0.438. The molecule has 0 spiro atoms. The van der Waals surface area contributed by atoms with E-state index in [9.17, 15) is 0 Å². The SMILES string of the molecule is CC1([C@H]2CNCCO2)C=CC(Nc2ncc(Cl)cc2Cl)=CC1. The van der Waals surface area contributed by atoms with Crippen LogP contribution in [0.4, 0.5) is 5.82 Å². The molecule has 0 aromatic carbocycles. The zero-order valence-electron chi connectivity index (χ0n) is 12.4. The molecule has 22 heavy (non-hydrogen) atoms. The van der Waals surface area contributed by atoms with Crippen LogP contribution in [0.3, 0.4) is 0 Å². The van der Waals surface area contributed by atoms with Crippen molar-refractivity contribution in [2.75, 3.05) is 25.0 Å². The van der Waals surface area contributed by atoms with Crippen LogP contribution in [0, 0.1) is 5.41 Å². The summed E-state index contributed by atoms with van der Waals surface area (Å²) in [4.78, 5) is 4.21. The van der Waals surface area contributed by atoms with Crippen LogP contribution in [0.25, 0.3) is 0 Å². The average molecular weight is 340 g/mol. The van der Waals surface area contributed by atoms with E-state index in [0.29, 0.717) is 15.9 Å². The fourth-order valence-electron chi connectivity index (χ4n) is 2.71. The molecule has 1 fully saturated rings. The molecule has 0 amide bonds. The topological polar surface area (TPSA) is 46.2 Å². The number of anilines is 1. The van der Waals surface area contributed by atoms with Gasteiger partial charge in [0.2, 0.25) is 0 Å². The average Bonchev–Trinajstić information content (AvgIpc) is 2.53. The number of rotatable bonds is 3. The largest absolute Gasteiger partial charge is 0.375 e. The summed E-state index contributed by atoms with van der Waals surface area (Å²) >= 11 is 12.0. The molecule has 1 aromatic heterocycles. The number of aromatic nitrogens is 1. The second-order valence-corrected chi connectivity index (χ2v) is 6.72. The van der Waals surface area contributed by atoms with Crippen molar-refractivity contribution in [1.82, 2.24) is 10.3 Å². The Balaban J connectivity index is 1.67. The molecule has 1 aromatic rings. The van der Waals surface area contributed by atoms with E-state index < -0.39 is 0 Å². The molecule has 2 atom stereocenters. The first kappa shape index (κ1) is 15.8. The van der Waals surface area contributed by atoms with E-state index in [0.717, 1.165) is 31.8 Å². The van der Waals surface area contributed by atoms with Crippen molar-refractivity contribution in [2.24, 2.45) is 5.41 Å². The standard InChI is InChI=1S/C16H19Cl2N3O/c1-16(14-10-19-6-7-22-14)4-2-12(3-5-16)21-15-13(18)8-11(17)9-20-15/h2-4,8-9,14,19H,5-7,10H2,1H3,(H,20,21)/t14-,16?/m1/s1. The van der Waals surface area contributed by atoms with Crippen molar-refractivity contribution >= 4 is 29.0 Å². The second-order valence-electron chi connectivity index (χ2n) is 5.88. The molecular formula is C16H19Cl2N3O. The normalized spacial score (nSPS) is 28.3. The van der Waals surface area contributed by atoms with Gasteiger partial charge in [0, 0.05) is 30.4 Å². The van der Waals surface area contributed by atoms with Gasteiger partial charge < -0.3 is 15.4 Å². The van der Waals surface area contributed by atoms with Gasteiger partial charge in [-0.2, -0.15) is 0 Å². The molecule has 0 saturated carbocycles. The quantitative estimate of drug-likeness (QED) is 0.882. The monoisotopic (exact) mass is 339 g/mol. The van der Waals surface area contributed by atoms with Crippen molar-refractivity contribution in [3.05, 3.63) is 46.2 Å². The summed E-state index contributed by atoms with van der Waals surface area (Å²) in [6.07, 6.45) is 9.11. The van der Waals surface area contributed by atoms with Gasteiger partial charge in [-0.15, -0.1) is 0 Å². The Morgan fingerprint density at radius 2 is 2.32 bits per heavy atom. The highest BCUT2D eigenvalue weighted by Crippen LogP contribution is 2.35. The lowest BCUT2D eigenvalue weighted by atomic mass is 9.77. The molecule has 2 N–H and O–H groups in total. The van der Waals surface area contributed by atoms with Crippen LogP contribution in [0.15, 0.2) is 36.2 Å². The minimum Gasteiger partial charge on any atom is -0.375 e. The van der Waals surface area contributed by atoms with Gasteiger partial charge in [-0.05, 0) is 18.6 Å². The third-order valence-electron chi connectivity index (χ3n) is 4.14. The third-order valence-corrected chi connectivity index (χ3v) is 4.63. The highest BCUT2D eigenvalue weighted by molar-refractivity contribution is 6.36. The van der Waals surface area contributed by atoms with Crippen molar-refractivity contribution in [3.63, 3.8) is 0 Å². The van der Waals surface area contributed by atoms with Crippen LogP contribution in [-0.2, 0) is 4.74 Å². The van der Waals surface area contributed by atoms with Crippen LogP contribution >= 0.6 is 23.2 Å². The zero-order valence-corrected chi connectivity index (χ0v) is 13.9. The van der Waals surface area contributed by atoms with Gasteiger partial charge in [0.15, 0.2) is 0 Å². The number of ether oxygens (including phenoxy) is 1. The summed E-state index contributed by atoms with van der Waals surface area (Å²) < 4.78 is 5.89. The summed E-state index contributed by atoms with van der Waals surface area (Å²) in [6.45, 7) is 4.82. The van der Waals surface area contributed by atoms with Gasteiger partial charge >= 0.3 is 0 Å². The van der Waals surface area contributed by atoms with Crippen molar-refractivity contribution in [1.29, 1.82) is 0 Å². The molecule has 4 nitrogen and oxygen atoms in total. The number of hydrogen-bond donors (Lipinski definition) is 2. The summed E-state index contributed by atoms with van der Waals surface area (Å²) in [5.41, 5.74) is 0.994. The van der Waals surface area contributed by atoms with Gasteiger partial charge in [0.25, 0.3) is 0 Å². The van der Waals surface area contributed by atoms with Crippen molar-refractivity contribution < 1.29 is 4.74 Å². The van der Waals surface area contributed by atoms with Gasteiger partial charge in [0.05, 0.1) is 22.8 Å². The van der Waals surface area contributed by atoms with E-state index in [1.165, 1.54) is 0 Å². The number of allylic oxidation sites excluding steroid dienone is 2. The maximum absolute atomic E-state index is 6.14. The van der Waals surface area contributed by atoms with Crippen LogP contribution in [0.2, 0.25) is 10.0 Å². The Kier molecular flexibility index (Phi) is 4.73. The zero-order chi connectivity index (χ0) is 15.6. The van der Waals surface area contributed by atoms with Crippen LogP contribution in [0.5, 0.6) is 0 Å². The van der Waals surface area contributed by atoms with Gasteiger partial charge in [-0.25, -0.2) is 4.98 Å². The molecule has 6 heteroatoms. The first-order chi connectivity index (χ1) is 10.6. The molecule has 1 aliphatic heterocycles. The lowest BCUT2D eigenvalue weighted by molar-refractivity contribution is -0.0311. The van der Waals surface area contributed by atoms with Gasteiger partial charge in [-0.1, -0.05) is 42.3 Å². The number of nitrogens with one attached hydrogen (secondary N) is 2. The number of halogens is 2. The first-order valence-corrected chi connectivity index (χ1v) is 8.12. The van der Waals surface area contributed by atoms with Gasteiger partial charge in [-0.3, -0.25) is 0 Å². The molecule has 2 aliphatic rings. The Hall–Kier alpha value is -1.07. The molecule has 1 unspecified atom stereocenters. The van der Waals surface area contributed by atoms with Crippen LogP contribution < -0.4 is 10.6 Å². The van der Waals surface area contributed by atoms with Gasteiger partial charge in [0.1, 0.15) is 5.82 Å². The predicted octanol–water partition coefficient (Wildman–Crippen LogP) is 3.64. The third kappa shape index (κ3) is 3.46. The lowest BCUT2D eigenvalue weighted by Crippen LogP contribution is -2.47. The highest BCUT2D eigenvalue weighted by Gasteiger charge is 2.34. The van der Waals surface area contributed by atoms with E-state index in [4.69, 9.17) is 27.9 Å². The number of nitrogens with zero attached hydrogens (tertiary/aromatic N) is 1. The smallest absolute Gasteiger partial charge is 0.149 e. The van der Waals surface area contributed by atoms with Crippen molar-refractivity contribution in [2.45, 2.75) is 19.4 Å². The minimum absolute atomic E-state index is 0.00974. The molecule has 118 valence electrons. The van der Waals surface area contributed by atoms with E-state index >= 15 is 0 Å². The Morgan fingerprint density at radius 3 is 2.95 bits per heavy atom. The molecule has 2 heterocycles. The number of hydrogen-bond acceptors (Lipinski definition) is 4. The van der Waals surface area contributed by atoms with Crippen molar-refractivity contribution in [3.8, 4) is 0 Å². The number of pyridine rings is 1. The summed E-state index contributed by atoms with van der Waals surface area (Å²) in [6, 6.07) is 1.68. The second kappa shape index (κ2) is 6.59. The lowest BCUT2D eigenvalue weighted by Gasteiger charge is -2.38. The van der Waals surface area contributed by atoms with Crippen LogP contribution in [-0.4, -0.2) is 30.8 Å². The molecule has 1 saturated heterocycles. The van der Waals surface area contributed by atoms with E-state index in [1.54, 1.807) is 12.3 Å². The maximum atomic E-state index is 6.14. The summed E-state index contributed by atoms with van der Waals surface area (Å²) in [5.74, 6) is 0.612. The number of morpholine rings is 1.